The quantitative estimate of drug-likeness (QED) is 0.772. The Morgan fingerprint density at radius 3 is 3.04 bits per heavy atom. The molecule has 1 N–H and O–H groups in total. The number of hydrogen-bond acceptors (Lipinski definition) is 4. The average molecular weight is 353 g/mol. The predicted molar refractivity (Wildman–Crippen MR) is 104 cm³/mol. The number of fused-ring (bicyclic) bond motifs is 2. The number of thiophene rings is 1. The first-order chi connectivity index (χ1) is 12.1. The molecule has 1 atom stereocenters. The smallest absolute Gasteiger partial charge is 0.261 e. The Bertz CT molecular complexity index is 933. The van der Waals surface area contributed by atoms with Crippen LogP contribution in [-0.4, -0.2) is 41.5 Å². The van der Waals surface area contributed by atoms with E-state index in [2.05, 4.69) is 48.3 Å². The Labute approximate surface area is 151 Å². The molecular formula is C20H23N3OS. The van der Waals surface area contributed by atoms with Crippen LogP contribution >= 0.6 is 11.3 Å². The molecule has 0 aliphatic carbocycles. The molecule has 4 rings (SSSR count). The lowest BCUT2D eigenvalue weighted by Crippen LogP contribution is -2.39. The number of hydrogen-bond donors (Lipinski definition) is 1. The van der Waals surface area contributed by atoms with Crippen molar-refractivity contribution in [3.63, 3.8) is 0 Å². The van der Waals surface area contributed by atoms with Gasteiger partial charge in [-0.2, -0.15) is 0 Å². The van der Waals surface area contributed by atoms with Gasteiger partial charge in [-0.1, -0.05) is 19.1 Å². The lowest BCUT2D eigenvalue weighted by Gasteiger charge is -2.22. The van der Waals surface area contributed by atoms with Crippen molar-refractivity contribution in [2.24, 2.45) is 0 Å². The fourth-order valence-corrected chi connectivity index (χ4v) is 4.63. The fourth-order valence-electron chi connectivity index (χ4n) is 3.69. The number of aromatic nitrogens is 1. The number of nitrogens with one attached hydrogen (secondary N) is 1. The second kappa shape index (κ2) is 6.73. The van der Waals surface area contributed by atoms with Crippen LogP contribution in [0.15, 0.2) is 30.3 Å². The summed E-state index contributed by atoms with van der Waals surface area (Å²) in [4.78, 5) is 21.4. The lowest BCUT2D eigenvalue weighted by molar-refractivity contribution is 0.0945. The third kappa shape index (κ3) is 3.26. The Morgan fingerprint density at radius 2 is 2.20 bits per heavy atom. The van der Waals surface area contributed by atoms with Gasteiger partial charge in [0.05, 0.1) is 10.4 Å². The van der Waals surface area contributed by atoms with Crippen molar-refractivity contribution in [2.75, 3.05) is 19.6 Å². The molecule has 130 valence electrons. The molecule has 5 heteroatoms. The van der Waals surface area contributed by atoms with Gasteiger partial charge in [-0.05, 0) is 56.6 Å². The Morgan fingerprint density at radius 1 is 1.32 bits per heavy atom. The molecule has 1 aromatic carbocycles. The largest absolute Gasteiger partial charge is 0.350 e. The minimum Gasteiger partial charge on any atom is -0.350 e. The number of aryl methyl sites for hydroxylation is 1. The number of carbonyl (C=O) groups excluding carboxylic acids is 1. The first-order valence-corrected chi connectivity index (χ1v) is 9.79. The summed E-state index contributed by atoms with van der Waals surface area (Å²) in [6.45, 7) is 7.19. The van der Waals surface area contributed by atoms with Crippen LogP contribution < -0.4 is 5.32 Å². The van der Waals surface area contributed by atoms with Gasteiger partial charge < -0.3 is 5.32 Å². The number of likely N-dealkylation sites (N-methyl/N-ethyl adjacent to an activating group) is 1. The zero-order valence-electron chi connectivity index (χ0n) is 14.7. The first-order valence-electron chi connectivity index (χ1n) is 8.97. The summed E-state index contributed by atoms with van der Waals surface area (Å²) in [7, 11) is 0. The molecule has 3 aromatic rings. The zero-order valence-corrected chi connectivity index (χ0v) is 15.5. The molecule has 0 saturated carbocycles. The maximum Gasteiger partial charge on any atom is 0.261 e. The monoisotopic (exact) mass is 353 g/mol. The number of rotatable bonds is 4. The Hall–Kier alpha value is -1.98. The van der Waals surface area contributed by atoms with E-state index in [9.17, 15) is 4.79 Å². The van der Waals surface area contributed by atoms with Crippen molar-refractivity contribution in [3.8, 4) is 0 Å². The number of likely N-dealkylation sites (tertiary alicyclic amines) is 1. The van der Waals surface area contributed by atoms with E-state index in [0.29, 0.717) is 6.04 Å². The molecule has 0 unspecified atom stereocenters. The zero-order chi connectivity index (χ0) is 17.4. The van der Waals surface area contributed by atoms with Crippen molar-refractivity contribution < 1.29 is 4.79 Å². The molecule has 25 heavy (non-hydrogen) atoms. The molecule has 1 aliphatic heterocycles. The molecule has 1 amide bonds. The van der Waals surface area contributed by atoms with Gasteiger partial charge in [0.2, 0.25) is 0 Å². The third-order valence-corrected chi connectivity index (χ3v) is 6.13. The van der Waals surface area contributed by atoms with Gasteiger partial charge in [-0.3, -0.25) is 9.69 Å². The molecule has 0 radical (unpaired) electrons. The lowest BCUT2D eigenvalue weighted by atomic mass is 10.1. The van der Waals surface area contributed by atoms with E-state index in [0.717, 1.165) is 45.6 Å². The van der Waals surface area contributed by atoms with Crippen molar-refractivity contribution in [2.45, 2.75) is 32.7 Å². The summed E-state index contributed by atoms with van der Waals surface area (Å²) in [5.74, 6) is 0.0196. The molecule has 2 aromatic heterocycles. The van der Waals surface area contributed by atoms with Crippen LogP contribution in [0.2, 0.25) is 0 Å². The maximum absolute atomic E-state index is 12.6. The molecule has 3 heterocycles. The normalized spacial score (nSPS) is 18.2. The van der Waals surface area contributed by atoms with Crippen LogP contribution in [0.3, 0.4) is 0 Å². The molecule has 1 fully saturated rings. The van der Waals surface area contributed by atoms with Gasteiger partial charge >= 0.3 is 0 Å². The summed E-state index contributed by atoms with van der Waals surface area (Å²) in [5.41, 5.74) is 2.19. The summed E-state index contributed by atoms with van der Waals surface area (Å²) in [6, 6.07) is 10.8. The number of pyridine rings is 1. The van der Waals surface area contributed by atoms with Gasteiger partial charge in [0.15, 0.2) is 0 Å². The van der Waals surface area contributed by atoms with E-state index in [-0.39, 0.29) is 5.91 Å². The van der Waals surface area contributed by atoms with Crippen LogP contribution in [0.25, 0.3) is 21.1 Å². The van der Waals surface area contributed by atoms with Gasteiger partial charge in [0.25, 0.3) is 5.91 Å². The summed E-state index contributed by atoms with van der Waals surface area (Å²) in [6.07, 6.45) is 2.40. The second-order valence-corrected chi connectivity index (χ2v) is 7.85. The Balaban J connectivity index is 1.54. The van der Waals surface area contributed by atoms with Crippen molar-refractivity contribution in [3.05, 3.63) is 40.8 Å². The third-order valence-electron chi connectivity index (χ3n) is 5.09. The number of benzene rings is 1. The fraction of sp³-hybridized carbons (Fsp3) is 0.400. The van der Waals surface area contributed by atoms with E-state index in [1.807, 2.05) is 6.07 Å². The summed E-state index contributed by atoms with van der Waals surface area (Å²) < 4.78 is 0. The van der Waals surface area contributed by atoms with Gasteiger partial charge in [-0.25, -0.2) is 4.98 Å². The van der Waals surface area contributed by atoms with Crippen LogP contribution in [0.4, 0.5) is 0 Å². The molecule has 0 bridgehead atoms. The minimum atomic E-state index is 0.0196. The molecule has 1 aliphatic rings. The molecule has 0 spiro atoms. The van der Waals surface area contributed by atoms with Gasteiger partial charge in [0, 0.05) is 23.4 Å². The number of carbonyl (C=O) groups is 1. The molecule has 1 saturated heterocycles. The van der Waals surface area contributed by atoms with Crippen LogP contribution in [0.5, 0.6) is 0 Å². The highest BCUT2D eigenvalue weighted by Gasteiger charge is 2.23. The average Bonchev–Trinajstić information content (AvgIpc) is 3.23. The van der Waals surface area contributed by atoms with Crippen molar-refractivity contribution in [1.29, 1.82) is 0 Å². The van der Waals surface area contributed by atoms with Crippen LogP contribution in [0.1, 0.15) is 35.0 Å². The molecule has 4 nitrogen and oxygen atoms in total. The van der Waals surface area contributed by atoms with Crippen molar-refractivity contribution in [1.82, 2.24) is 15.2 Å². The SMILES string of the molecule is CCN1CCC[C@@H]1CNC(=O)c1cc2cc3ccc(C)cc3nc2s1. The Kier molecular flexibility index (Phi) is 4.44. The van der Waals surface area contributed by atoms with Gasteiger partial charge in [0.1, 0.15) is 4.83 Å². The van der Waals surface area contributed by atoms with Crippen molar-refractivity contribution >= 4 is 38.4 Å². The summed E-state index contributed by atoms with van der Waals surface area (Å²) in [5, 5.41) is 5.28. The number of amides is 1. The summed E-state index contributed by atoms with van der Waals surface area (Å²) >= 11 is 1.48. The minimum absolute atomic E-state index is 0.0196. The van der Waals surface area contributed by atoms with E-state index in [4.69, 9.17) is 4.98 Å². The standard InChI is InChI=1S/C20H23N3OS/c1-3-23-8-4-5-16(23)12-21-19(24)18-11-15-10-14-7-6-13(2)9-17(14)22-20(15)25-18/h6-7,9-11,16H,3-5,8,12H2,1-2H3,(H,21,24)/t16-/m1/s1. The van der Waals surface area contributed by atoms with Gasteiger partial charge in [-0.15, -0.1) is 11.3 Å². The van der Waals surface area contributed by atoms with E-state index in [1.54, 1.807) is 0 Å². The topological polar surface area (TPSA) is 45.2 Å². The number of nitrogens with zero attached hydrogens (tertiary/aromatic N) is 2. The highest BCUT2D eigenvalue weighted by molar-refractivity contribution is 7.20. The molecular weight excluding hydrogens is 330 g/mol. The van der Waals surface area contributed by atoms with E-state index in [1.165, 1.54) is 29.7 Å². The second-order valence-electron chi connectivity index (χ2n) is 6.82. The first kappa shape index (κ1) is 16.5. The van der Waals surface area contributed by atoms with E-state index < -0.39 is 0 Å². The highest BCUT2D eigenvalue weighted by Crippen LogP contribution is 2.28. The van der Waals surface area contributed by atoms with Crippen LogP contribution in [0, 0.1) is 6.92 Å². The van der Waals surface area contributed by atoms with Crippen LogP contribution in [-0.2, 0) is 0 Å². The highest BCUT2D eigenvalue weighted by atomic mass is 32.1. The maximum atomic E-state index is 12.6. The van der Waals surface area contributed by atoms with E-state index >= 15 is 0 Å². The predicted octanol–water partition coefficient (Wildman–Crippen LogP) is 3.97.